The van der Waals surface area contributed by atoms with E-state index in [0.29, 0.717) is 26.1 Å². The highest BCUT2D eigenvalue weighted by Gasteiger charge is 2.33. The summed E-state index contributed by atoms with van der Waals surface area (Å²) in [6, 6.07) is -0.180. The number of nitrogens with zero attached hydrogens (tertiary/aromatic N) is 2. The molecule has 3 amide bonds. The van der Waals surface area contributed by atoms with E-state index in [0.717, 1.165) is 0 Å². The lowest BCUT2D eigenvalue weighted by molar-refractivity contribution is -0.125. The van der Waals surface area contributed by atoms with Gasteiger partial charge >= 0.3 is 6.03 Å². The van der Waals surface area contributed by atoms with Crippen molar-refractivity contribution in [2.75, 3.05) is 26.2 Å². The predicted octanol–water partition coefficient (Wildman–Crippen LogP) is -0.381. The molecule has 0 atom stereocenters. The Morgan fingerprint density at radius 3 is 2.62 bits per heavy atom. The van der Waals surface area contributed by atoms with E-state index in [1.165, 1.54) is 9.80 Å². The van der Waals surface area contributed by atoms with Gasteiger partial charge in [-0.3, -0.25) is 9.69 Å². The molecule has 0 spiro atoms. The van der Waals surface area contributed by atoms with Crippen LogP contribution in [0, 0.1) is 0 Å². The molecule has 74 valence electrons. The molecule has 0 aromatic rings. The quantitative estimate of drug-likeness (QED) is 0.607. The average Bonchev–Trinajstić information content (AvgIpc) is 2.39. The van der Waals surface area contributed by atoms with Crippen LogP contribution in [-0.2, 0) is 4.79 Å². The Bertz CT molecular complexity index is 217. The number of urea groups is 1. The predicted molar refractivity (Wildman–Crippen MR) is 48.0 cm³/mol. The van der Waals surface area contributed by atoms with Crippen LogP contribution in [0.25, 0.3) is 0 Å². The molecule has 1 heterocycles. The van der Waals surface area contributed by atoms with E-state index in [2.05, 4.69) is 0 Å². The summed E-state index contributed by atoms with van der Waals surface area (Å²) in [7, 11) is 0. The molecule has 0 aromatic heterocycles. The molecule has 0 radical (unpaired) electrons. The molecule has 1 aliphatic heterocycles. The Kier molecular flexibility index (Phi) is 3.25. The Morgan fingerprint density at radius 1 is 1.46 bits per heavy atom. The summed E-state index contributed by atoms with van der Waals surface area (Å²) < 4.78 is 0. The second kappa shape index (κ2) is 4.23. The van der Waals surface area contributed by atoms with Crippen molar-refractivity contribution in [2.24, 2.45) is 5.73 Å². The molecule has 0 aromatic carbocycles. The van der Waals surface area contributed by atoms with Gasteiger partial charge in [-0.15, -0.1) is 0 Å². The fourth-order valence-corrected chi connectivity index (χ4v) is 1.31. The van der Waals surface area contributed by atoms with Crippen molar-refractivity contribution in [3.63, 3.8) is 0 Å². The van der Waals surface area contributed by atoms with E-state index in [4.69, 9.17) is 5.73 Å². The maximum atomic E-state index is 11.4. The first-order chi connectivity index (χ1) is 6.20. The normalized spacial score (nSPS) is 17.4. The van der Waals surface area contributed by atoms with Gasteiger partial charge in [0.15, 0.2) is 0 Å². The van der Waals surface area contributed by atoms with Crippen LogP contribution in [0.15, 0.2) is 0 Å². The van der Waals surface area contributed by atoms with E-state index in [9.17, 15) is 9.59 Å². The third-order valence-electron chi connectivity index (χ3n) is 2.10. The number of carbonyl (C=O) groups is 2. The Balaban J connectivity index is 2.54. The summed E-state index contributed by atoms with van der Waals surface area (Å²) >= 11 is 0. The molecular formula is C8H15N3O2. The van der Waals surface area contributed by atoms with Crippen molar-refractivity contribution < 1.29 is 9.59 Å². The number of hydrogen-bond acceptors (Lipinski definition) is 3. The van der Waals surface area contributed by atoms with E-state index >= 15 is 0 Å². The SMILES string of the molecule is CCN1CC(=O)N(CCCN)C1=O. The molecule has 0 unspecified atom stereocenters. The second-order valence-electron chi connectivity index (χ2n) is 2.98. The summed E-state index contributed by atoms with van der Waals surface area (Å²) in [6.45, 7) is 3.62. The lowest BCUT2D eigenvalue weighted by Gasteiger charge is -2.14. The molecule has 1 saturated heterocycles. The monoisotopic (exact) mass is 185 g/mol. The first kappa shape index (κ1) is 9.98. The number of carbonyl (C=O) groups excluding carboxylic acids is 2. The summed E-state index contributed by atoms with van der Waals surface area (Å²) in [5.41, 5.74) is 5.30. The highest BCUT2D eigenvalue weighted by molar-refractivity contribution is 6.01. The van der Waals surface area contributed by atoms with Crippen molar-refractivity contribution in [3.05, 3.63) is 0 Å². The van der Waals surface area contributed by atoms with Crippen molar-refractivity contribution >= 4 is 11.9 Å². The molecule has 13 heavy (non-hydrogen) atoms. The molecule has 5 heteroatoms. The molecule has 1 fully saturated rings. The Labute approximate surface area is 77.5 Å². The van der Waals surface area contributed by atoms with E-state index in [1.54, 1.807) is 0 Å². The minimum absolute atomic E-state index is 0.111. The minimum atomic E-state index is -0.180. The fourth-order valence-electron chi connectivity index (χ4n) is 1.31. The zero-order valence-electron chi connectivity index (χ0n) is 7.82. The zero-order chi connectivity index (χ0) is 9.84. The standard InChI is InChI=1S/C8H15N3O2/c1-2-10-6-7(12)11(8(10)13)5-3-4-9/h2-6,9H2,1H3. The van der Waals surface area contributed by atoms with Gasteiger partial charge in [-0.2, -0.15) is 0 Å². The van der Waals surface area contributed by atoms with Gasteiger partial charge in [0.05, 0.1) is 0 Å². The fraction of sp³-hybridized carbons (Fsp3) is 0.750. The van der Waals surface area contributed by atoms with Gasteiger partial charge in [-0.25, -0.2) is 4.79 Å². The summed E-state index contributed by atoms with van der Waals surface area (Å²) in [5, 5.41) is 0. The van der Waals surface area contributed by atoms with Crippen LogP contribution in [0.4, 0.5) is 4.79 Å². The van der Waals surface area contributed by atoms with Crippen LogP contribution in [0.3, 0.4) is 0 Å². The molecule has 0 saturated carbocycles. The van der Waals surface area contributed by atoms with Crippen LogP contribution < -0.4 is 5.73 Å². The topological polar surface area (TPSA) is 66.6 Å². The number of rotatable bonds is 4. The Hall–Kier alpha value is -1.10. The van der Waals surface area contributed by atoms with Gasteiger partial charge in [0.25, 0.3) is 0 Å². The lowest BCUT2D eigenvalue weighted by Crippen LogP contribution is -2.34. The van der Waals surface area contributed by atoms with E-state index < -0.39 is 0 Å². The first-order valence-electron chi connectivity index (χ1n) is 4.50. The smallest absolute Gasteiger partial charge is 0.327 e. The van der Waals surface area contributed by atoms with Crippen LogP contribution in [0.2, 0.25) is 0 Å². The second-order valence-corrected chi connectivity index (χ2v) is 2.98. The van der Waals surface area contributed by atoms with E-state index in [-0.39, 0.29) is 18.5 Å². The van der Waals surface area contributed by atoms with Crippen molar-refractivity contribution in [1.29, 1.82) is 0 Å². The molecule has 2 N–H and O–H groups in total. The van der Waals surface area contributed by atoms with Crippen molar-refractivity contribution in [2.45, 2.75) is 13.3 Å². The van der Waals surface area contributed by atoms with Gasteiger partial charge < -0.3 is 10.6 Å². The van der Waals surface area contributed by atoms with Crippen LogP contribution in [0.5, 0.6) is 0 Å². The number of amides is 3. The third-order valence-corrected chi connectivity index (χ3v) is 2.10. The average molecular weight is 185 g/mol. The summed E-state index contributed by atoms with van der Waals surface area (Å²) in [4.78, 5) is 25.5. The van der Waals surface area contributed by atoms with Crippen LogP contribution in [-0.4, -0.2) is 47.9 Å². The molecule has 1 aliphatic rings. The number of hydrogen-bond donors (Lipinski definition) is 1. The van der Waals surface area contributed by atoms with Gasteiger partial charge in [0.2, 0.25) is 5.91 Å². The largest absolute Gasteiger partial charge is 0.330 e. The maximum Gasteiger partial charge on any atom is 0.327 e. The molecular weight excluding hydrogens is 170 g/mol. The van der Waals surface area contributed by atoms with Crippen LogP contribution in [0.1, 0.15) is 13.3 Å². The summed E-state index contributed by atoms with van der Waals surface area (Å²) in [5.74, 6) is -0.111. The van der Waals surface area contributed by atoms with Crippen molar-refractivity contribution in [1.82, 2.24) is 9.80 Å². The maximum absolute atomic E-state index is 11.4. The number of likely N-dealkylation sites (N-methyl/N-ethyl adjacent to an activating group) is 1. The first-order valence-corrected chi connectivity index (χ1v) is 4.50. The summed E-state index contributed by atoms with van der Waals surface area (Å²) in [6.07, 6.45) is 0.676. The van der Waals surface area contributed by atoms with E-state index in [1.807, 2.05) is 6.92 Å². The molecule has 5 nitrogen and oxygen atoms in total. The molecule has 0 bridgehead atoms. The minimum Gasteiger partial charge on any atom is -0.330 e. The molecule has 0 aliphatic carbocycles. The van der Waals surface area contributed by atoms with Gasteiger partial charge in [-0.1, -0.05) is 0 Å². The van der Waals surface area contributed by atoms with Gasteiger partial charge in [0, 0.05) is 13.1 Å². The Morgan fingerprint density at radius 2 is 2.15 bits per heavy atom. The highest BCUT2D eigenvalue weighted by Crippen LogP contribution is 2.09. The zero-order valence-corrected chi connectivity index (χ0v) is 7.82. The van der Waals surface area contributed by atoms with Gasteiger partial charge in [-0.05, 0) is 19.9 Å². The van der Waals surface area contributed by atoms with Crippen LogP contribution >= 0.6 is 0 Å². The highest BCUT2D eigenvalue weighted by atomic mass is 16.2. The third kappa shape index (κ3) is 1.98. The molecule has 1 rings (SSSR count). The number of nitrogens with two attached hydrogens (primary N) is 1. The lowest BCUT2D eigenvalue weighted by atomic mass is 10.4. The van der Waals surface area contributed by atoms with Gasteiger partial charge in [0.1, 0.15) is 6.54 Å². The van der Waals surface area contributed by atoms with Crippen molar-refractivity contribution in [3.8, 4) is 0 Å². The number of imide groups is 1.